The number of nitrogens with one attached hydrogen (secondary N) is 1. The number of benzene rings is 1. The van der Waals surface area contributed by atoms with Gasteiger partial charge in [0.1, 0.15) is 0 Å². The highest BCUT2D eigenvalue weighted by atomic mass is 16.2. The number of hydrogen-bond donors (Lipinski definition) is 1. The van der Waals surface area contributed by atoms with Crippen LogP contribution >= 0.6 is 0 Å². The molecule has 1 aromatic rings. The fourth-order valence-electron chi connectivity index (χ4n) is 4.42. The lowest BCUT2D eigenvalue weighted by Gasteiger charge is -2.40. The minimum atomic E-state index is -0.365. The van der Waals surface area contributed by atoms with E-state index in [-0.39, 0.29) is 16.9 Å². The molecule has 0 radical (unpaired) electrons. The first-order chi connectivity index (χ1) is 12.3. The Hall–Kier alpha value is -1.39. The third-order valence-corrected chi connectivity index (χ3v) is 6.39. The third-order valence-electron chi connectivity index (χ3n) is 6.39. The topological polar surface area (TPSA) is 35.6 Å². The maximum absolute atomic E-state index is 13.3. The van der Waals surface area contributed by atoms with Crippen LogP contribution in [0.3, 0.4) is 0 Å². The van der Waals surface area contributed by atoms with Gasteiger partial charge in [-0.25, -0.2) is 0 Å². The van der Waals surface area contributed by atoms with Crippen molar-refractivity contribution in [2.45, 2.75) is 51.0 Å². The van der Waals surface area contributed by atoms with Crippen LogP contribution < -0.4 is 5.32 Å². The maximum atomic E-state index is 13.3. The number of carbonyl (C=O) groups is 1. The molecule has 1 aromatic carbocycles. The molecule has 1 N–H and O–H groups in total. The third kappa shape index (κ3) is 4.12. The van der Waals surface area contributed by atoms with Gasteiger partial charge in [-0.15, -0.1) is 0 Å². The molecule has 4 nitrogen and oxygen atoms in total. The van der Waals surface area contributed by atoms with Crippen molar-refractivity contribution in [3.8, 4) is 0 Å². The molecule has 0 aromatic heterocycles. The molecule has 144 valence electrons. The monoisotopic (exact) mass is 357 g/mol. The van der Waals surface area contributed by atoms with Crippen molar-refractivity contribution >= 4 is 5.91 Å². The number of carbonyl (C=O) groups excluding carboxylic acids is 1. The van der Waals surface area contributed by atoms with Crippen molar-refractivity contribution in [2.24, 2.45) is 5.92 Å². The van der Waals surface area contributed by atoms with E-state index in [0.717, 1.165) is 45.6 Å². The first kappa shape index (κ1) is 19.4. The summed E-state index contributed by atoms with van der Waals surface area (Å²) in [5, 5.41) is 3.34. The van der Waals surface area contributed by atoms with Crippen molar-refractivity contribution < 1.29 is 4.79 Å². The Morgan fingerprint density at radius 3 is 2.38 bits per heavy atom. The highest BCUT2D eigenvalue weighted by Gasteiger charge is 2.42. The van der Waals surface area contributed by atoms with Gasteiger partial charge in [-0.05, 0) is 78.2 Å². The molecule has 0 bridgehead atoms. The van der Waals surface area contributed by atoms with Crippen LogP contribution in [0.4, 0.5) is 0 Å². The Morgan fingerprint density at radius 2 is 1.81 bits per heavy atom. The first-order valence-electron chi connectivity index (χ1n) is 10.1. The van der Waals surface area contributed by atoms with Gasteiger partial charge >= 0.3 is 0 Å². The number of amides is 1. The highest BCUT2D eigenvalue weighted by Crippen LogP contribution is 2.35. The molecule has 1 amide bonds. The Kier molecular flexibility index (Phi) is 5.73. The molecule has 1 unspecified atom stereocenters. The van der Waals surface area contributed by atoms with Gasteiger partial charge < -0.3 is 10.2 Å². The molecule has 0 aliphatic carbocycles. The minimum Gasteiger partial charge on any atom is -0.355 e. The van der Waals surface area contributed by atoms with E-state index in [0.29, 0.717) is 5.92 Å². The van der Waals surface area contributed by atoms with Crippen molar-refractivity contribution in [1.82, 2.24) is 15.1 Å². The summed E-state index contributed by atoms with van der Waals surface area (Å²) in [6.45, 7) is 11.8. The van der Waals surface area contributed by atoms with E-state index in [4.69, 9.17) is 0 Å². The zero-order valence-electron chi connectivity index (χ0n) is 16.9. The second kappa shape index (κ2) is 7.69. The number of piperidine rings is 1. The van der Waals surface area contributed by atoms with Gasteiger partial charge in [0.05, 0.1) is 5.41 Å². The molecule has 2 heterocycles. The zero-order valence-corrected chi connectivity index (χ0v) is 16.9. The van der Waals surface area contributed by atoms with Gasteiger partial charge in [-0.1, -0.05) is 30.3 Å². The van der Waals surface area contributed by atoms with Crippen LogP contribution in [-0.2, 0) is 10.2 Å². The van der Waals surface area contributed by atoms with E-state index < -0.39 is 0 Å². The molecule has 2 aliphatic heterocycles. The van der Waals surface area contributed by atoms with Crippen molar-refractivity contribution in [3.63, 3.8) is 0 Å². The van der Waals surface area contributed by atoms with Crippen LogP contribution in [0.1, 0.15) is 45.6 Å². The van der Waals surface area contributed by atoms with Crippen LogP contribution in [0.2, 0.25) is 0 Å². The molecule has 0 spiro atoms. The molecule has 0 saturated carbocycles. The lowest BCUT2D eigenvalue weighted by Crippen LogP contribution is -2.52. The fourth-order valence-corrected chi connectivity index (χ4v) is 4.42. The Balaban J connectivity index is 1.66. The van der Waals surface area contributed by atoms with Gasteiger partial charge in [0.2, 0.25) is 5.91 Å². The molecular formula is C22H35N3O. The predicted molar refractivity (Wildman–Crippen MR) is 107 cm³/mol. The van der Waals surface area contributed by atoms with E-state index >= 15 is 0 Å². The Morgan fingerprint density at radius 1 is 1.15 bits per heavy atom. The first-order valence-corrected chi connectivity index (χ1v) is 10.1. The minimum absolute atomic E-state index is 0.220. The van der Waals surface area contributed by atoms with Crippen LogP contribution in [0.15, 0.2) is 30.3 Å². The second-order valence-corrected chi connectivity index (χ2v) is 9.23. The second-order valence-electron chi connectivity index (χ2n) is 9.23. The predicted octanol–water partition coefficient (Wildman–Crippen LogP) is 2.89. The summed E-state index contributed by atoms with van der Waals surface area (Å²) in [6, 6.07) is 10.4. The summed E-state index contributed by atoms with van der Waals surface area (Å²) in [6.07, 6.45) is 2.98. The number of nitrogens with zero attached hydrogens (tertiary/aromatic N) is 2. The molecule has 2 aliphatic rings. The van der Waals surface area contributed by atoms with Crippen LogP contribution in [0, 0.1) is 5.92 Å². The largest absolute Gasteiger partial charge is 0.355 e. The molecule has 4 heteroatoms. The van der Waals surface area contributed by atoms with Crippen molar-refractivity contribution in [3.05, 3.63) is 35.9 Å². The van der Waals surface area contributed by atoms with E-state index in [2.05, 4.69) is 67.2 Å². The molecule has 3 rings (SSSR count). The highest BCUT2D eigenvalue weighted by molar-refractivity contribution is 5.88. The number of hydrogen-bond acceptors (Lipinski definition) is 3. The summed E-state index contributed by atoms with van der Waals surface area (Å²) >= 11 is 0. The quantitative estimate of drug-likeness (QED) is 0.900. The van der Waals surface area contributed by atoms with Gasteiger partial charge in [-0.2, -0.15) is 0 Å². The molecule has 1 atom stereocenters. The molecular weight excluding hydrogens is 322 g/mol. The van der Waals surface area contributed by atoms with Crippen LogP contribution in [-0.4, -0.2) is 61.0 Å². The summed E-state index contributed by atoms with van der Waals surface area (Å²) in [4.78, 5) is 18.2. The average molecular weight is 358 g/mol. The van der Waals surface area contributed by atoms with Gasteiger partial charge in [0, 0.05) is 18.6 Å². The van der Waals surface area contributed by atoms with Crippen LogP contribution in [0.5, 0.6) is 0 Å². The van der Waals surface area contributed by atoms with E-state index in [1.807, 2.05) is 6.07 Å². The van der Waals surface area contributed by atoms with Gasteiger partial charge in [0.25, 0.3) is 0 Å². The molecule has 26 heavy (non-hydrogen) atoms. The van der Waals surface area contributed by atoms with E-state index in [1.165, 1.54) is 12.0 Å². The van der Waals surface area contributed by atoms with E-state index in [9.17, 15) is 4.79 Å². The smallest absolute Gasteiger partial charge is 0.230 e. The SMILES string of the molecule is CN1CCC(C(=O)NCC2CCN(C(C)(C)C)C2)(c2ccccc2)CC1. The molecule has 2 saturated heterocycles. The number of rotatable bonds is 4. The number of likely N-dealkylation sites (tertiary alicyclic amines) is 2. The Labute approximate surface area is 158 Å². The Bertz CT molecular complexity index is 600. The van der Waals surface area contributed by atoms with Crippen molar-refractivity contribution in [1.29, 1.82) is 0 Å². The average Bonchev–Trinajstić information content (AvgIpc) is 3.11. The summed E-state index contributed by atoms with van der Waals surface area (Å²) in [5.74, 6) is 0.795. The summed E-state index contributed by atoms with van der Waals surface area (Å²) < 4.78 is 0. The summed E-state index contributed by atoms with van der Waals surface area (Å²) in [7, 11) is 2.15. The summed E-state index contributed by atoms with van der Waals surface area (Å²) in [5.41, 5.74) is 1.03. The zero-order chi connectivity index (χ0) is 18.8. The fraction of sp³-hybridized carbons (Fsp3) is 0.682. The standard InChI is InChI=1S/C22H35N3O/c1-21(2,3)25-13-10-18(17-25)16-23-20(26)22(11-14-24(4)15-12-22)19-8-6-5-7-9-19/h5-9,18H,10-17H2,1-4H3,(H,23,26). The normalized spacial score (nSPS) is 24.5. The van der Waals surface area contributed by atoms with E-state index in [1.54, 1.807) is 0 Å². The van der Waals surface area contributed by atoms with Crippen molar-refractivity contribution in [2.75, 3.05) is 39.8 Å². The molecule has 2 fully saturated rings. The lowest BCUT2D eigenvalue weighted by molar-refractivity contribution is -0.128. The lowest BCUT2D eigenvalue weighted by atomic mass is 9.72. The van der Waals surface area contributed by atoms with Gasteiger partial charge in [-0.3, -0.25) is 9.69 Å². The van der Waals surface area contributed by atoms with Crippen LogP contribution in [0.25, 0.3) is 0 Å². The maximum Gasteiger partial charge on any atom is 0.230 e. The van der Waals surface area contributed by atoms with Gasteiger partial charge in [0.15, 0.2) is 0 Å².